The van der Waals surface area contributed by atoms with Crippen LogP contribution in [0.5, 0.6) is 0 Å². The number of carbonyl (C=O) groups excluding carboxylic acids is 1. The standard InChI is InChI=1S/C19H19N3O2/c1-19(2,3)14-11-7-8-12-15(14)20-16(23)18-22-21-17(24-18)13-9-5-4-6-10-13/h4-12H,1-3H3,(H,20,23). The smallest absolute Gasteiger partial charge is 0.313 e. The lowest BCUT2D eigenvalue weighted by atomic mass is 9.86. The number of anilines is 1. The summed E-state index contributed by atoms with van der Waals surface area (Å²) in [5.41, 5.74) is 2.48. The summed E-state index contributed by atoms with van der Waals surface area (Å²) < 4.78 is 5.49. The van der Waals surface area contributed by atoms with Crippen LogP contribution in [0.4, 0.5) is 5.69 Å². The van der Waals surface area contributed by atoms with Crippen LogP contribution in [0, 0.1) is 0 Å². The molecule has 3 rings (SSSR count). The quantitative estimate of drug-likeness (QED) is 0.781. The summed E-state index contributed by atoms with van der Waals surface area (Å²) in [5.74, 6) is -0.149. The van der Waals surface area contributed by atoms with Crippen molar-refractivity contribution in [2.24, 2.45) is 0 Å². The molecule has 1 amide bonds. The largest absolute Gasteiger partial charge is 0.412 e. The number of hydrogen-bond acceptors (Lipinski definition) is 4. The molecule has 1 aromatic heterocycles. The summed E-state index contributed by atoms with van der Waals surface area (Å²) in [7, 11) is 0. The fraction of sp³-hybridized carbons (Fsp3) is 0.211. The summed E-state index contributed by atoms with van der Waals surface area (Å²) in [6.45, 7) is 6.29. The third-order valence-corrected chi connectivity index (χ3v) is 3.62. The van der Waals surface area contributed by atoms with Crippen LogP contribution in [0.1, 0.15) is 37.0 Å². The number of para-hydroxylation sites is 1. The molecule has 1 N–H and O–H groups in total. The van der Waals surface area contributed by atoms with E-state index in [-0.39, 0.29) is 11.3 Å². The lowest BCUT2D eigenvalue weighted by Crippen LogP contribution is -2.18. The van der Waals surface area contributed by atoms with Crippen molar-refractivity contribution in [3.8, 4) is 11.5 Å². The zero-order valence-electron chi connectivity index (χ0n) is 13.9. The molecule has 0 saturated heterocycles. The molecule has 5 heteroatoms. The normalized spacial score (nSPS) is 11.3. The minimum Gasteiger partial charge on any atom is -0.412 e. The number of aromatic nitrogens is 2. The van der Waals surface area contributed by atoms with Crippen molar-refractivity contribution in [2.45, 2.75) is 26.2 Å². The molecule has 0 atom stereocenters. The predicted octanol–water partition coefficient (Wildman–Crippen LogP) is 4.29. The highest BCUT2D eigenvalue weighted by Crippen LogP contribution is 2.29. The van der Waals surface area contributed by atoms with Crippen LogP contribution in [0.25, 0.3) is 11.5 Å². The zero-order chi connectivity index (χ0) is 17.2. The van der Waals surface area contributed by atoms with E-state index in [4.69, 9.17) is 4.42 Å². The van der Waals surface area contributed by atoms with Gasteiger partial charge >= 0.3 is 11.8 Å². The molecular formula is C19H19N3O2. The first-order valence-corrected chi connectivity index (χ1v) is 7.75. The van der Waals surface area contributed by atoms with Gasteiger partial charge in [0, 0.05) is 11.3 Å². The Balaban J connectivity index is 1.83. The van der Waals surface area contributed by atoms with E-state index >= 15 is 0 Å². The number of amides is 1. The highest BCUT2D eigenvalue weighted by atomic mass is 16.4. The van der Waals surface area contributed by atoms with Crippen molar-refractivity contribution < 1.29 is 9.21 Å². The Morgan fingerprint density at radius 2 is 1.62 bits per heavy atom. The second kappa shape index (κ2) is 6.28. The van der Waals surface area contributed by atoms with Crippen LogP contribution in [0.3, 0.4) is 0 Å². The first-order valence-electron chi connectivity index (χ1n) is 7.75. The van der Waals surface area contributed by atoms with Crippen molar-refractivity contribution in [1.82, 2.24) is 10.2 Å². The van der Waals surface area contributed by atoms with Gasteiger partial charge in [-0.25, -0.2) is 0 Å². The molecular weight excluding hydrogens is 302 g/mol. The van der Waals surface area contributed by atoms with Gasteiger partial charge < -0.3 is 9.73 Å². The minimum absolute atomic E-state index is 0.0578. The maximum absolute atomic E-state index is 12.4. The molecule has 0 spiro atoms. The zero-order valence-corrected chi connectivity index (χ0v) is 13.9. The molecule has 0 fully saturated rings. The topological polar surface area (TPSA) is 68.0 Å². The van der Waals surface area contributed by atoms with Crippen molar-refractivity contribution in [3.05, 3.63) is 66.1 Å². The van der Waals surface area contributed by atoms with Gasteiger partial charge in [0.2, 0.25) is 5.89 Å². The Morgan fingerprint density at radius 3 is 2.33 bits per heavy atom. The van der Waals surface area contributed by atoms with Gasteiger partial charge in [-0.2, -0.15) is 0 Å². The summed E-state index contributed by atoms with van der Waals surface area (Å²) in [4.78, 5) is 12.4. The van der Waals surface area contributed by atoms with E-state index in [1.165, 1.54) is 0 Å². The van der Waals surface area contributed by atoms with Crippen molar-refractivity contribution >= 4 is 11.6 Å². The van der Waals surface area contributed by atoms with Gasteiger partial charge in [-0.3, -0.25) is 4.79 Å². The molecule has 0 aliphatic rings. The van der Waals surface area contributed by atoms with Gasteiger partial charge in [0.25, 0.3) is 0 Å². The molecule has 1 heterocycles. The maximum Gasteiger partial charge on any atom is 0.313 e. The van der Waals surface area contributed by atoms with Gasteiger partial charge in [0.1, 0.15) is 0 Å². The van der Waals surface area contributed by atoms with E-state index in [9.17, 15) is 4.79 Å². The predicted molar refractivity (Wildman–Crippen MR) is 92.8 cm³/mol. The average Bonchev–Trinajstić information content (AvgIpc) is 3.05. The molecule has 24 heavy (non-hydrogen) atoms. The van der Waals surface area contributed by atoms with Crippen LogP contribution in [0.15, 0.2) is 59.0 Å². The van der Waals surface area contributed by atoms with Gasteiger partial charge in [0.05, 0.1) is 0 Å². The third-order valence-electron chi connectivity index (χ3n) is 3.62. The number of nitrogens with one attached hydrogen (secondary N) is 1. The van der Waals surface area contributed by atoms with Gasteiger partial charge in [0.15, 0.2) is 0 Å². The van der Waals surface area contributed by atoms with Crippen molar-refractivity contribution in [1.29, 1.82) is 0 Å². The summed E-state index contributed by atoms with van der Waals surface area (Å²) in [5, 5.41) is 10.7. The van der Waals surface area contributed by atoms with Crippen LogP contribution >= 0.6 is 0 Å². The molecule has 0 unspecified atom stereocenters. The number of rotatable bonds is 3. The van der Waals surface area contributed by atoms with E-state index in [1.54, 1.807) is 0 Å². The minimum atomic E-state index is -0.415. The highest BCUT2D eigenvalue weighted by molar-refractivity contribution is 6.01. The number of carbonyl (C=O) groups is 1. The lowest BCUT2D eigenvalue weighted by Gasteiger charge is -2.22. The fourth-order valence-electron chi connectivity index (χ4n) is 2.43. The fourth-order valence-corrected chi connectivity index (χ4v) is 2.43. The number of nitrogens with zero attached hydrogens (tertiary/aromatic N) is 2. The van der Waals surface area contributed by atoms with Gasteiger partial charge in [-0.1, -0.05) is 57.2 Å². The number of benzene rings is 2. The molecule has 2 aromatic carbocycles. The Kier molecular flexibility index (Phi) is 4.16. The molecule has 0 bridgehead atoms. The first kappa shape index (κ1) is 15.9. The molecule has 0 aliphatic carbocycles. The third kappa shape index (κ3) is 3.35. The molecule has 0 aliphatic heterocycles. The molecule has 3 aromatic rings. The van der Waals surface area contributed by atoms with Gasteiger partial charge in [-0.05, 0) is 29.2 Å². The van der Waals surface area contributed by atoms with Crippen LogP contribution in [-0.2, 0) is 5.41 Å². The molecule has 122 valence electrons. The summed E-state index contributed by atoms with van der Waals surface area (Å²) in [6.07, 6.45) is 0. The Bertz CT molecular complexity index is 848. The maximum atomic E-state index is 12.4. The SMILES string of the molecule is CC(C)(C)c1ccccc1NC(=O)c1nnc(-c2ccccc2)o1. The summed E-state index contributed by atoms with van der Waals surface area (Å²) in [6, 6.07) is 17.1. The second-order valence-corrected chi connectivity index (χ2v) is 6.53. The molecule has 0 saturated carbocycles. The van der Waals surface area contributed by atoms with E-state index in [0.29, 0.717) is 5.89 Å². The Hall–Kier alpha value is -2.95. The lowest BCUT2D eigenvalue weighted by molar-refractivity contribution is 0.0990. The van der Waals surface area contributed by atoms with E-state index in [2.05, 4.69) is 36.3 Å². The molecule has 5 nitrogen and oxygen atoms in total. The summed E-state index contributed by atoms with van der Waals surface area (Å²) >= 11 is 0. The monoisotopic (exact) mass is 321 g/mol. The van der Waals surface area contributed by atoms with E-state index in [1.807, 2.05) is 54.6 Å². The van der Waals surface area contributed by atoms with Gasteiger partial charge in [-0.15, -0.1) is 10.2 Å². The average molecular weight is 321 g/mol. The van der Waals surface area contributed by atoms with Crippen molar-refractivity contribution in [2.75, 3.05) is 5.32 Å². The molecule has 0 radical (unpaired) electrons. The first-order chi connectivity index (χ1) is 11.4. The number of hydrogen-bond donors (Lipinski definition) is 1. The van der Waals surface area contributed by atoms with E-state index < -0.39 is 5.91 Å². The van der Waals surface area contributed by atoms with Crippen LogP contribution in [0.2, 0.25) is 0 Å². The Labute approximate surface area is 140 Å². The highest BCUT2D eigenvalue weighted by Gasteiger charge is 2.21. The van der Waals surface area contributed by atoms with Crippen LogP contribution in [-0.4, -0.2) is 16.1 Å². The van der Waals surface area contributed by atoms with Crippen molar-refractivity contribution in [3.63, 3.8) is 0 Å². The Morgan fingerprint density at radius 1 is 0.958 bits per heavy atom. The van der Waals surface area contributed by atoms with E-state index in [0.717, 1.165) is 16.8 Å². The van der Waals surface area contributed by atoms with Crippen LogP contribution < -0.4 is 5.32 Å². The second-order valence-electron chi connectivity index (χ2n) is 6.53.